The second kappa shape index (κ2) is 2.59. The average molecular weight is 221 g/mol. The number of alkyl halides is 1. The summed E-state index contributed by atoms with van der Waals surface area (Å²) in [5.74, 6) is 0.435. The summed E-state index contributed by atoms with van der Waals surface area (Å²) in [5, 5.41) is 0. The first-order valence-electron chi connectivity index (χ1n) is 3.29. The lowest BCUT2D eigenvalue weighted by atomic mass is 10.1. The molecule has 11 heavy (non-hydrogen) atoms. The van der Waals surface area contributed by atoms with Gasteiger partial charge in [-0.2, -0.15) is 0 Å². The van der Waals surface area contributed by atoms with E-state index in [-0.39, 0.29) is 0 Å². The lowest BCUT2D eigenvalue weighted by Crippen LogP contribution is -2.15. The highest BCUT2D eigenvalue weighted by atomic mass is 79.9. The normalized spacial score (nSPS) is 12.1. The van der Waals surface area contributed by atoms with Crippen LogP contribution in [0.3, 0.4) is 0 Å². The molecule has 0 N–H and O–H groups in total. The van der Waals surface area contributed by atoms with Gasteiger partial charge in [0.15, 0.2) is 5.67 Å². The molecular weight excluding hydrogens is 211 g/mol. The molecule has 0 aliphatic heterocycles. The summed E-state index contributed by atoms with van der Waals surface area (Å²) in [6.45, 7) is 2.98. The molecule has 1 rings (SSSR count). The Kier molecular flexibility index (Phi) is 2.05. The Morgan fingerprint density at radius 1 is 1.64 bits per heavy atom. The van der Waals surface area contributed by atoms with E-state index in [1.165, 1.54) is 13.8 Å². The van der Waals surface area contributed by atoms with Crippen LogP contribution in [0, 0.1) is 0 Å². The van der Waals surface area contributed by atoms with Crippen molar-refractivity contribution in [2.75, 3.05) is 0 Å². The molecule has 1 aromatic rings. The summed E-state index contributed by atoms with van der Waals surface area (Å²) in [5.41, 5.74) is -1.37. The molecule has 0 unspecified atom stereocenters. The van der Waals surface area contributed by atoms with Gasteiger partial charge in [-0.25, -0.2) is 9.37 Å². The van der Waals surface area contributed by atoms with E-state index in [0.29, 0.717) is 5.82 Å². The van der Waals surface area contributed by atoms with Crippen molar-refractivity contribution in [3.05, 3.63) is 16.6 Å². The van der Waals surface area contributed by atoms with Gasteiger partial charge in [0.05, 0.1) is 6.20 Å². The van der Waals surface area contributed by atoms with E-state index in [1.54, 1.807) is 17.8 Å². The van der Waals surface area contributed by atoms with Crippen LogP contribution in [0.2, 0.25) is 0 Å². The SMILES string of the molecule is Cn1c(Br)cnc1C(C)(C)F. The molecule has 0 aromatic carbocycles. The van der Waals surface area contributed by atoms with Gasteiger partial charge in [-0.1, -0.05) is 0 Å². The molecule has 0 aliphatic rings. The lowest BCUT2D eigenvalue weighted by molar-refractivity contribution is 0.201. The molecule has 2 nitrogen and oxygen atoms in total. The van der Waals surface area contributed by atoms with Crippen LogP contribution in [0.1, 0.15) is 19.7 Å². The molecule has 1 heterocycles. The Labute approximate surface area is 73.6 Å². The third-order valence-electron chi connectivity index (χ3n) is 1.46. The zero-order chi connectivity index (χ0) is 8.65. The molecule has 0 bridgehead atoms. The van der Waals surface area contributed by atoms with Crippen LogP contribution in [0.5, 0.6) is 0 Å². The molecule has 62 valence electrons. The predicted molar refractivity (Wildman–Crippen MR) is 45.0 cm³/mol. The number of hydrogen-bond donors (Lipinski definition) is 0. The summed E-state index contributed by atoms with van der Waals surface area (Å²) in [7, 11) is 1.77. The summed E-state index contributed by atoms with van der Waals surface area (Å²) in [4.78, 5) is 3.93. The monoisotopic (exact) mass is 220 g/mol. The number of hydrogen-bond acceptors (Lipinski definition) is 1. The summed E-state index contributed by atoms with van der Waals surface area (Å²) >= 11 is 3.24. The van der Waals surface area contributed by atoms with E-state index < -0.39 is 5.67 Å². The Morgan fingerprint density at radius 2 is 2.18 bits per heavy atom. The smallest absolute Gasteiger partial charge is 0.162 e. The largest absolute Gasteiger partial charge is 0.323 e. The number of nitrogens with zero attached hydrogens (tertiary/aromatic N) is 2. The van der Waals surface area contributed by atoms with Gasteiger partial charge < -0.3 is 4.57 Å². The third kappa shape index (κ3) is 1.61. The number of imidazole rings is 1. The maximum Gasteiger partial charge on any atom is 0.162 e. The van der Waals surface area contributed by atoms with Gasteiger partial charge in [0.2, 0.25) is 0 Å². The van der Waals surface area contributed by atoms with E-state index in [2.05, 4.69) is 20.9 Å². The van der Waals surface area contributed by atoms with Crippen LogP contribution < -0.4 is 0 Å². The number of aromatic nitrogens is 2. The Balaban J connectivity index is 3.15. The minimum atomic E-state index is -1.37. The van der Waals surface area contributed by atoms with E-state index in [9.17, 15) is 4.39 Å². The Hall–Kier alpha value is -0.380. The van der Waals surface area contributed by atoms with Crippen molar-refractivity contribution in [3.63, 3.8) is 0 Å². The van der Waals surface area contributed by atoms with Gasteiger partial charge in [-0.15, -0.1) is 0 Å². The van der Waals surface area contributed by atoms with Crippen molar-refractivity contribution in [1.82, 2.24) is 9.55 Å². The van der Waals surface area contributed by atoms with Crippen molar-refractivity contribution in [2.24, 2.45) is 7.05 Å². The van der Waals surface area contributed by atoms with Gasteiger partial charge in [-0.3, -0.25) is 0 Å². The maximum absolute atomic E-state index is 13.3. The molecule has 0 aliphatic carbocycles. The van der Waals surface area contributed by atoms with Crippen molar-refractivity contribution in [3.8, 4) is 0 Å². The quantitative estimate of drug-likeness (QED) is 0.711. The van der Waals surface area contributed by atoms with Gasteiger partial charge in [0.1, 0.15) is 10.4 Å². The minimum Gasteiger partial charge on any atom is -0.323 e. The van der Waals surface area contributed by atoms with Crippen LogP contribution in [0.4, 0.5) is 4.39 Å². The van der Waals surface area contributed by atoms with Crippen molar-refractivity contribution in [1.29, 1.82) is 0 Å². The molecule has 0 atom stereocenters. The van der Waals surface area contributed by atoms with Gasteiger partial charge in [0, 0.05) is 7.05 Å². The van der Waals surface area contributed by atoms with E-state index in [0.717, 1.165) is 4.60 Å². The third-order valence-corrected chi connectivity index (χ3v) is 2.20. The van der Waals surface area contributed by atoms with Crippen LogP contribution >= 0.6 is 15.9 Å². The van der Waals surface area contributed by atoms with Crippen LogP contribution in [-0.4, -0.2) is 9.55 Å². The number of halogens is 2. The van der Waals surface area contributed by atoms with Crippen LogP contribution in [0.15, 0.2) is 10.8 Å². The minimum absolute atomic E-state index is 0.435. The molecule has 0 saturated carbocycles. The Bertz CT molecular complexity index is 262. The summed E-state index contributed by atoms with van der Waals surface area (Å²) < 4.78 is 15.8. The standard InChI is InChI=1S/C7H10BrFN2/c1-7(2,9)6-10-4-5(8)11(6)3/h4H,1-3H3. The molecule has 0 fully saturated rings. The Morgan fingerprint density at radius 3 is 2.36 bits per heavy atom. The first-order chi connectivity index (χ1) is 4.93. The molecule has 0 amide bonds. The predicted octanol–water partition coefficient (Wildman–Crippen LogP) is 2.39. The maximum atomic E-state index is 13.3. The molecule has 0 saturated heterocycles. The fourth-order valence-electron chi connectivity index (χ4n) is 0.941. The zero-order valence-corrected chi connectivity index (χ0v) is 8.31. The van der Waals surface area contributed by atoms with Gasteiger partial charge in [-0.05, 0) is 29.8 Å². The zero-order valence-electron chi connectivity index (χ0n) is 6.73. The van der Waals surface area contributed by atoms with E-state index in [4.69, 9.17) is 0 Å². The average Bonchev–Trinajstić information content (AvgIpc) is 2.11. The second-order valence-corrected chi connectivity index (χ2v) is 3.75. The van der Waals surface area contributed by atoms with Crippen molar-refractivity contribution >= 4 is 15.9 Å². The van der Waals surface area contributed by atoms with Crippen LogP contribution in [-0.2, 0) is 12.7 Å². The summed E-state index contributed by atoms with van der Waals surface area (Å²) in [6, 6.07) is 0. The number of rotatable bonds is 1. The van der Waals surface area contributed by atoms with Crippen LogP contribution in [0.25, 0.3) is 0 Å². The van der Waals surface area contributed by atoms with Gasteiger partial charge in [0.25, 0.3) is 0 Å². The van der Waals surface area contributed by atoms with E-state index >= 15 is 0 Å². The highest BCUT2D eigenvalue weighted by Crippen LogP contribution is 2.24. The second-order valence-electron chi connectivity index (χ2n) is 2.94. The van der Waals surface area contributed by atoms with E-state index in [1.807, 2.05) is 0 Å². The highest BCUT2D eigenvalue weighted by Gasteiger charge is 2.24. The molecule has 1 aromatic heterocycles. The van der Waals surface area contributed by atoms with Crippen molar-refractivity contribution < 1.29 is 4.39 Å². The molecule has 0 radical (unpaired) electrons. The fraction of sp³-hybridized carbons (Fsp3) is 0.571. The lowest BCUT2D eigenvalue weighted by Gasteiger charge is -2.13. The fourth-order valence-corrected chi connectivity index (χ4v) is 1.21. The van der Waals surface area contributed by atoms with Crippen molar-refractivity contribution in [2.45, 2.75) is 19.5 Å². The van der Waals surface area contributed by atoms with Gasteiger partial charge >= 0.3 is 0 Å². The summed E-state index contributed by atoms with van der Waals surface area (Å²) in [6.07, 6.45) is 1.59. The molecular formula is C7H10BrFN2. The molecule has 4 heteroatoms. The first kappa shape index (κ1) is 8.71. The first-order valence-corrected chi connectivity index (χ1v) is 4.09. The topological polar surface area (TPSA) is 17.8 Å². The molecule has 0 spiro atoms. The highest BCUT2D eigenvalue weighted by molar-refractivity contribution is 9.10.